The first-order valence-corrected chi connectivity index (χ1v) is 18.3. The number of hydrogen-bond acceptors (Lipinski definition) is 15. The van der Waals surface area contributed by atoms with E-state index in [-0.39, 0.29) is 44.5 Å². The van der Waals surface area contributed by atoms with Crippen LogP contribution in [0.5, 0.6) is 17.2 Å². The van der Waals surface area contributed by atoms with Gasteiger partial charge in [-0.25, -0.2) is 0 Å². The van der Waals surface area contributed by atoms with Crippen molar-refractivity contribution in [3.8, 4) is 17.2 Å². The number of nitrogens with one attached hydrogen (secondary N) is 1. The van der Waals surface area contributed by atoms with Gasteiger partial charge in [-0.3, -0.25) is 14.9 Å². The normalized spacial score (nSPS) is 19.0. The van der Waals surface area contributed by atoms with Gasteiger partial charge in [0.2, 0.25) is 6.29 Å². The number of carbonyl (C=O) groups is 1. The molecular weight excluding hydrogens is 764 g/mol. The van der Waals surface area contributed by atoms with Crippen molar-refractivity contribution < 1.29 is 63.3 Å². The van der Waals surface area contributed by atoms with Gasteiger partial charge >= 0.3 is 0 Å². The highest BCUT2D eigenvalue weighted by Gasteiger charge is 2.44. The highest BCUT2D eigenvalue weighted by Crippen LogP contribution is 2.33. The minimum Gasteiger partial charge on any atom is -0.489 e. The summed E-state index contributed by atoms with van der Waals surface area (Å²) in [6.45, 7) is 2.06. The van der Waals surface area contributed by atoms with E-state index in [9.17, 15) is 35.3 Å². The molecule has 1 fully saturated rings. The van der Waals surface area contributed by atoms with Crippen LogP contribution in [0.15, 0.2) is 71.8 Å². The Labute approximate surface area is 332 Å². The molecule has 0 unspecified atom stereocenters. The second-order valence-electron chi connectivity index (χ2n) is 12.9. The van der Waals surface area contributed by atoms with E-state index >= 15 is 0 Å². The SMILES string of the molecule is Cn1c(C(=O)NCCOCCOCCOCCN=[N+]=[N-])cc2c(COc3ccc([N+](=O)[O-])cc3)ccc(OCc3ccc(O[C@@H]4O[C@H](CO)[C@H](O)[C@H](O)[C@H]4O)cc3)c21. The monoisotopic (exact) mass is 810 g/mol. The third-order valence-corrected chi connectivity index (χ3v) is 9.02. The molecule has 4 aromatic rings. The number of rotatable bonds is 23. The lowest BCUT2D eigenvalue weighted by atomic mass is 9.99. The number of amides is 1. The predicted molar refractivity (Wildman–Crippen MR) is 204 cm³/mol. The Kier molecular flexibility index (Phi) is 16.4. The number of nitrogens with zero attached hydrogens (tertiary/aromatic N) is 5. The topological polar surface area (TPSA) is 271 Å². The number of carbonyl (C=O) groups excluding carboxylic acids is 1. The molecule has 0 aliphatic carbocycles. The number of fused-ring (bicyclic) bond motifs is 1. The maximum absolute atomic E-state index is 13.4. The second-order valence-corrected chi connectivity index (χ2v) is 12.9. The highest BCUT2D eigenvalue weighted by molar-refractivity contribution is 6.01. The first kappa shape index (κ1) is 43.6. The van der Waals surface area contributed by atoms with Gasteiger partial charge in [-0.05, 0) is 53.1 Å². The van der Waals surface area contributed by atoms with E-state index in [1.165, 1.54) is 24.3 Å². The van der Waals surface area contributed by atoms with E-state index in [2.05, 4.69) is 15.3 Å². The smallest absolute Gasteiger partial charge is 0.269 e. The Bertz CT molecular complexity index is 1990. The first-order chi connectivity index (χ1) is 28.1. The van der Waals surface area contributed by atoms with Crippen LogP contribution in [-0.2, 0) is 39.2 Å². The van der Waals surface area contributed by atoms with Crippen molar-refractivity contribution in [2.45, 2.75) is 43.9 Å². The Morgan fingerprint density at radius 3 is 2.24 bits per heavy atom. The van der Waals surface area contributed by atoms with Crippen molar-refractivity contribution >= 4 is 22.5 Å². The summed E-state index contributed by atoms with van der Waals surface area (Å²) in [5, 5.41) is 57.9. The van der Waals surface area contributed by atoms with Crippen LogP contribution in [-0.4, -0.2) is 126 Å². The third-order valence-electron chi connectivity index (χ3n) is 9.02. The number of aromatic nitrogens is 1. The number of hydrogen-bond donors (Lipinski definition) is 5. The predicted octanol–water partition coefficient (Wildman–Crippen LogP) is 2.51. The summed E-state index contributed by atoms with van der Waals surface area (Å²) in [5.41, 5.74) is 10.6. The van der Waals surface area contributed by atoms with Gasteiger partial charge in [-0.1, -0.05) is 23.3 Å². The largest absolute Gasteiger partial charge is 0.489 e. The minimum atomic E-state index is -1.57. The van der Waals surface area contributed by atoms with Crippen LogP contribution in [0, 0.1) is 10.1 Å². The summed E-state index contributed by atoms with van der Waals surface area (Å²) in [6.07, 6.45) is -7.07. The van der Waals surface area contributed by atoms with Gasteiger partial charge in [0.1, 0.15) is 60.6 Å². The van der Waals surface area contributed by atoms with E-state index in [0.717, 1.165) is 11.1 Å². The zero-order valence-electron chi connectivity index (χ0n) is 31.6. The molecule has 58 heavy (non-hydrogen) atoms. The Morgan fingerprint density at radius 1 is 0.897 bits per heavy atom. The molecular formula is C38H46N6O14. The summed E-state index contributed by atoms with van der Waals surface area (Å²) >= 11 is 0. The van der Waals surface area contributed by atoms with E-state index in [1.807, 2.05) is 6.07 Å². The molecule has 1 saturated heterocycles. The number of aliphatic hydroxyl groups excluding tert-OH is 4. The highest BCUT2D eigenvalue weighted by atomic mass is 16.7. The van der Waals surface area contributed by atoms with Crippen molar-refractivity contribution in [1.82, 2.24) is 9.88 Å². The van der Waals surface area contributed by atoms with Gasteiger partial charge in [-0.2, -0.15) is 0 Å². The Hall–Kier alpha value is -5.54. The maximum atomic E-state index is 13.4. The maximum Gasteiger partial charge on any atom is 0.269 e. The summed E-state index contributed by atoms with van der Waals surface area (Å²) in [4.78, 5) is 26.7. The molecule has 2 heterocycles. The Morgan fingerprint density at radius 2 is 1.57 bits per heavy atom. The Balaban J connectivity index is 1.21. The number of non-ortho nitro benzene ring substituents is 1. The molecule has 0 bridgehead atoms. The molecule has 5 N–H and O–H groups in total. The standard InChI is InChI=1S/C38H46N6O14/c1-43-30(37(49)40-12-14-52-16-18-54-19-17-53-15-13-41-42-39)20-29-25(23-55-27-9-5-26(6-10-27)44(50)51)4-11-31(33(29)43)56-22-24-2-7-28(8-3-24)57-38-36(48)35(47)34(46)32(21-45)58-38/h2-11,20,32,34-36,38,45-48H,12-19,21-23H2,1H3,(H,40,49)/t32-,34+,35+,36-,38-/m1/s1. The van der Waals surface area contributed by atoms with Crippen LogP contribution in [0.4, 0.5) is 5.69 Å². The second kappa shape index (κ2) is 21.8. The van der Waals surface area contributed by atoms with E-state index in [0.29, 0.717) is 66.9 Å². The van der Waals surface area contributed by atoms with Crippen LogP contribution in [0.3, 0.4) is 0 Å². The van der Waals surface area contributed by atoms with Crippen LogP contribution in [0.2, 0.25) is 0 Å². The summed E-state index contributed by atoms with van der Waals surface area (Å²) in [5.74, 6) is 0.848. The lowest BCUT2D eigenvalue weighted by Gasteiger charge is -2.39. The molecule has 312 valence electrons. The van der Waals surface area contributed by atoms with E-state index in [1.54, 1.807) is 48.0 Å². The first-order valence-electron chi connectivity index (χ1n) is 18.3. The molecule has 20 heteroatoms. The molecule has 1 aliphatic rings. The zero-order chi connectivity index (χ0) is 41.4. The van der Waals surface area contributed by atoms with Crippen LogP contribution < -0.4 is 19.5 Å². The van der Waals surface area contributed by atoms with Crippen molar-refractivity contribution in [1.29, 1.82) is 0 Å². The summed E-state index contributed by atoms with van der Waals surface area (Å²) in [6, 6.07) is 17.7. The lowest BCUT2D eigenvalue weighted by Crippen LogP contribution is -2.60. The number of nitro benzene ring substituents is 1. The molecule has 20 nitrogen and oxygen atoms in total. The third kappa shape index (κ3) is 11.8. The number of aryl methyl sites for hydroxylation is 1. The quantitative estimate of drug-likeness (QED) is 0.0180. The van der Waals surface area contributed by atoms with Crippen molar-refractivity contribution in [3.63, 3.8) is 0 Å². The lowest BCUT2D eigenvalue weighted by molar-refractivity contribution is -0.384. The average molecular weight is 811 g/mol. The van der Waals surface area contributed by atoms with Gasteiger partial charge in [0, 0.05) is 42.6 Å². The zero-order valence-corrected chi connectivity index (χ0v) is 31.6. The molecule has 1 aromatic heterocycles. The van der Waals surface area contributed by atoms with Crippen molar-refractivity contribution in [2.75, 3.05) is 59.3 Å². The molecule has 0 spiro atoms. The van der Waals surface area contributed by atoms with E-state index < -0.39 is 42.2 Å². The van der Waals surface area contributed by atoms with Crippen molar-refractivity contribution in [3.05, 3.63) is 104 Å². The molecule has 0 radical (unpaired) electrons. The van der Waals surface area contributed by atoms with Gasteiger partial charge < -0.3 is 63.5 Å². The van der Waals surface area contributed by atoms with Crippen LogP contribution in [0.1, 0.15) is 21.6 Å². The van der Waals surface area contributed by atoms with Gasteiger partial charge in [-0.15, -0.1) is 0 Å². The fraction of sp³-hybridized carbons (Fsp3) is 0.447. The summed E-state index contributed by atoms with van der Waals surface area (Å²) < 4.78 is 41.3. The van der Waals surface area contributed by atoms with Crippen LogP contribution >= 0.6 is 0 Å². The number of aliphatic hydroxyl groups is 4. The van der Waals surface area contributed by atoms with Gasteiger partial charge in [0.25, 0.3) is 11.6 Å². The fourth-order valence-electron chi connectivity index (χ4n) is 5.92. The molecule has 1 amide bonds. The minimum absolute atomic E-state index is 0.0635. The number of ether oxygens (including phenoxy) is 7. The van der Waals surface area contributed by atoms with Crippen molar-refractivity contribution in [2.24, 2.45) is 12.2 Å². The number of benzene rings is 3. The fourth-order valence-corrected chi connectivity index (χ4v) is 5.92. The molecule has 5 rings (SSSR count). The van der Waals surface area contributed by atoms with Gasteiger partial charge in [0.05, 0.1) is 56.7 Å². The number of azide groups is 1. The van der Waals surface area contributed by atoms with E-state index in [4.69, 9.17) is 38.7 Å². The van der Waals surface area contributed by atoms with Gasteiger partial charge in [0.15, 0.2) is 0 Å². The molecule has 0 saturated carbocycles. The molecule has 3 aromatic carbocycles. The summed E-state index contributed by atoms with van der Waals surface area (Å²) in [7, 11) is 1.74. The molecule has 1 aliphatic heterocycles. The average Bonchev–Trinajstić information content (AvgIpc) is 3.59. The molecule has 5 atom stereocenters. The van der Waals surface area contributed by atoms with Crippen LogP contribution in [0.25, 0.3) is 21.3 Å². The number of nitro groups is 1.